The Morgan fingerprint density at radius 1 is 1.07 bits per heavy atom. The molecular weight excluding hydrogens is 505 g/mol. The van der Waals surface area contributed by atoms with Gasteiger partial charge in [0.15, 0.2) is 17.5 Å². The Labute approximate surface area is 178 Å². The van der Waals surface area contributed by atoms with E-state index in [1.807, 2.05) is 0 Å². The minimum atomic E-state index is -1.58. The van der Waals surface area contributed by atoms with Crippen LogP contribution in [0.25, 0.3) is 0 Å². The highest BCUT2D eigenvalue weighted by molar-refractivity contribution is 14.1. The minimum absolute atomic E-state index is 0.143. The quantitative estimate of drug-likeness (QED) is 0.209. The van der Waals surface area contributed by atoms with Gasteiger partial charge in [0, 0.05) is 37.1 Å². The van der Waals surface area contributed by atoms with Crippen molar-refractivity contribution in [2.24, 2.45) is 0 Å². The maximum Gasteiger partial charge on any atom is 0.255 e. The summed E-state index contributed by atoms with van der Waals surface area (Å²) in [6.07, 6.45) is 3.09. The van der Waals surface area contributed by atoms with Gasteiger partial charge in [0.2, 0.25) is 0 Å². The molecule has 1 aliphatic carbocycles. The molecule has 2 atom stereocenters. The van der Waals surface area contributed by atoms with Gasteiger partial charge in [-0.05, 0) is 60.1 Å². The minimum Gasteiger partial charge on any atom is -0.322 e. The van der Waals surface area contributed by atoms with Gasteiger partial charge in [0.1, 0.15) is 6.17 Å². The van der Waals surface area contributed by atoms with E-state index in [4.69, 9.17) is 0 Å². The number of rotatable bonds is 4. The largest absolute Gasteiger partial charge is 0.322 e. The van der Waals surface area contributed by atoms with Gasteiger partial charge in [0.25, 0.3) is 5.91 Å². The molecule has 1 saturated carbocycles. The first-order chi connectivity index (χ1) is 13.3. The zero-order valence-corrected chi connectivity index (χ0v) is 17.8. The van der Waals surface area contributed by atoms with Gasteiger partial charge in [-0.3, -0.25) is 4.79 Å². The van der Waals surface area contributed by atoms with Crippen LogP contribution in [0.5, 0.6) is 0 Å². The summed E-state index contributed by atoms with van der Waals surface area (Å²) < 4.78 is 54.5. The number of anilines is 1. The highest BCUT2D eigenvalue weighted by atomic mass is 127. The molecule has 28 heavy (non-hydrogen) atoms. The molecule has 1 fully saturated rings. The molecule has 0 saturated heterocycles. The lowest BCUT2D eigenvalue weighted by Crippen LogP contribution is -2.13. The Kier molecular flexibility index (Phi) is 7.25. The standard InChI is InChI=1S/C20H18F4INOS/c21-12-3-1-2-4-14(8-12)28-18-7-11(5-6-17(18)25)20(27)26-13-9-15(22)19(24)16(23)10-13/h5-7,9-10,12,14H,1-4,8H2,(H,26,27). The first-order valence-corrected chi connectivity index (χ1v) is 10.9. The van der Waals surface area contributed by atoms with Crippen molar-refractivity contribution in [1.29, 1.82) is 0 Å². The Bertz CT molecular complexity index is 856. The number of benzene rings is 2. The summed E-state index contributed by atoms with van der Waals surface area (Å²) in [6, 6.07) is 6.52. The van der Waals surface area contributed by atoms with Crippen LogP contribution < -0.4 is 5.32 Å². The molecule has 1 aliphatic rings. The fourth-order valence-electron chi connectivity index (χ4n) is 3.11. The normalized spacial score (nSPS) is 19.9. The molecule has 2 aromatic carbocycles. The Morgan fingerprint density at radius 2 is 1.75 bits per heavy atom. The molecule has 2 nitrogen and oxygen atoms in total. The number of thioether (sulfide) groups is 1. The lowest BCUT2D eigenvalue weighted by molar-refractivity contribution is 0.102. The van der Waals surface area contributed by atoms with E-state index in [9.17, 15) is 22.4 Å². The number of halogens is 5. The van der Waals surface area contributed by atoms with Gasteiger partial charge in [-0.25, -0.2) is 17.6 Å². The zero-order valence-electron chi connectivity index (χ0n) is 14.8. The van der Waals surface area contributed by atoms with Crippen molar-refractivity contribution in [3.8, 4) is 0 Å². The molecule has 0 spiro atoms. The number of hydrogen-bond acceptors (Lipinski definition) is 2. The van der Waals surface area contributed by atoms with E-state index in [2.05, 4.69) is 27.9 Å². The molecule has 0 radical (unpaired) electrons. The van der Waals surface area contributed by atoms with E-state index in [1.54, 1.807) is 30.0 Å². The molecule has 0 bridgehead atoms. The highest BCUT2D eigenvalue weighted by Gasteiger charge is 2.22. The summed E-state index contributed by atoms with van der Waals surface area (Å²) in [5.41, 5.74) is 0.136. The number of amides is 1. The summed E-state index contributed by atoms with van der Waals surface area (Å²) in [4.78, 5) is 13.3. The van der Waals surface area contributed by atoms with Crippen LogP contribution in [0.4, 0.5) is 23.2 Å². The Morgan fingerprint density at radius 3 is 2.46 bits per heavy atom. The first-order valence-electron chi connectivity index (χ1n) is 8.89. The van der Waals surface area contributed by atoms with Crippen LogP contribution in [0.15, 0.2) is 35.2 Å². The SMILES string of the molecule is O=C(Nc1cc(F)c(F)c(F)c1)c1ccc(I)c(SC2CCCCC(F)C2)c1. The molecule has 3 rings (SSSR count). The molecule has 8 heteroatoms. The number of nitrogens with one attached hydrogen (secondary N) is 1. The Hall–Kier alpha value is -1.29. The van der Waals surface area contributed by atoms with Gasteiger partial charge in [-0.1, -0.05) is 12.8 Å². The van der Waals surface area contributed by atoms with Crippen molar-refractivity contribution in [1.82, 2.24) is 0 Å². The lowest BCUT2D eigenvalue weighted by Gasteiger charge is -2.16. The third-order valence-corrected chi connectivity index (χ3v) is 7.20. The van der Waals surface area contributed by atoms with Crippen LogP contribution in [0.1, 0.15) is 42.5 Å². The summed E-state index contributed by atoms with van der Waals surface area (Å²) in [5.74, 6) is -4.89. The second kappa shape index (κ2) is 9.47. The fourth-order valence-corrected chi connectivity index (χ4v) is 5.15. The molecular formula is C20H18F4INOS. The van der Waals surface area contributed by atoms with Gasteiger partial charge in [0.05, 0.1) is 0 Å². The van der Waals surface area contributed by atoms with E-state index in [1.165, 1.54) is 0 Å². The predicted molar refractivity (Wildman–Crippen MR) is 111 cm³/mol. The van der Waals surface area contributed by atoms with Gasteiger partial charge in [-0.2, -0.15) is 0 Å². The second-order valence-corrected chi connectivity index (χ2v) is 9.21. The maximum absolute atomic E-state index is 13.9. The van der Waals surface area contributed by atoms with Crippen LogP contribution in [0.3, 0.4) is 0 Å². The van der Waals surface area contributed by atoms with Crippen molar-refractivity contribution >= 4 is 45.9 Å². The van der Waals surface area contributed by atoms with Crippen molar-refractivity contribution in [2.45, 2.75) is 48.4 Å². The molecule has 150 valence electrons. The molecule has 0 aliphatic heterocycles. The molecule has 0 aromatic heterocycles. The van der Waals surface area contributed by atoms with Gasteiger partial charge < -0.3 is 5.32 Å². The predicted octanol–water partition coefficient (Wildman–Crippen LogP) is 6.72. The smallest absolute Gasteiger partial charge is 0.255 e. The summed E-state index contributed by atoms with van der Waals surface area (Å²) >= 11 is 3.72. The number of carbonyl (C=O) groups excluding carboxylic acids is 1. The first kappa shape index (κ1) is 21.4. The van der Waals surface area contributed by atoms with Crippen LogP contribution in [0.2, 0.25) is 0 Å². The molecule has 2 aromatic rings. The van der Waals surface area contributed by atoms with Crippen molar-refractivity contribution in [3.63, 3.8) is 0 Å². The third kappa shape index (κ3) is 5.40. The van der Waals surface area contributed by atoms with E-state index < -0.39 is 29.5 Å². The van der Waals surface area contributed by atoms with Crippen LogP contribution in [0, 0.1) is 21.0 Å². The fraction of sp³-hybridized carbons (Fsp3) is 0.350. The summed E-state index contributed by atoms with van der Waals surface area (Å²) in [5, 5.41) is 2.52. The monoisotopic (exact) mass is 523 g/mol. The maximum atomic E-state index is 13.9. The second-order valence-electron chi connectivity index (χ2n) is 6.71. The van der Waals surface area contributed by atoms with Gasteiger partial charge >= 0.3 is 0 Å². The molecule has 2 unspecified atom stereocenters. The highest BCUT2D eigenvalue weighted by Crippen LogP contribution is 2.36. The topological polar surface area (TPSA) is 29.1 Å². The number of alkyl halides is 1. The van der Waals surface area contributed by atoms with Crippen LogP contribution in [-0.2, 0) is 0 Å². The zero-order chi connectivity index (χ0) is 20.3. The molecule has 1 amide bonds. The van der Waals surface area contributed by atoms with E-state index >= 15 is 0 Å². The van der Waals surface area contributed by atoms with Crippen molar-refractivity contribution < 1.29 is 22.4 Å². The molecule has 1 N–H and O–H groups in total. The van der Waals surface area contributed by atoms with E-state index in [-0.39, 0.29) is 10.9 Å². The molecule has 0 heterocycles. The Balaban J connectivity index is 1.75. The van der Waals surface area contributed by atoms with Crippen molar-refractivity contribution in [3.05, 3.63) is 56.9 Å². The van der Waals surface area contributed by atoms with Crippen molar-refractivity contribution in [2.75, 3.05) is 5.32 Å². The van der Waals surface area contributed by atoms with Gasteiger partial charge in [-0.15, -0.1) is 11.8 Å². The summed E-state index contributed by atoms with van der Waals surface area (Å²) in [6.45, 7) is 0. The average molecular weight is 523 g/mol. The third-order valence-electron chi connectivity index (χ3n) is 4.54. The number of hydrogen-bond donors (Lipinski definition) is 1. The van der Waals surface area contributed by atoms with E-state index in [0.29, 0.717) is 18.4 Å². The average Bonchev–Trinajstić information content (AvgIpc) is 2.85. The van der Waals surface area contributed by atoms with Crippen LogP contribution in [-0.4, -0.2) is 17.3 Å². The van der Waals surface area contributed by atoms with E-state index in [0.717, 1.165) is 39.9 Å². The summed E-state index contributed by atoms with van der Waals surface area (Å²) in [7, 11) is 0. The number of carbonyl (C=O) groups is 1. The lowest BCUT2D eigenvalue weighted by atomic mass is 10.2. The van der Waals surface area contributed by atoms with Crippen LogP contribution >= 0.6 is 34.4 Å².